The number of fused-ring (bicyclic) bond motifs is 2. The van der Waals surface area contributed by atoms with Crippen LogP contribution in [0, 0.1) is 18.2 Å². The van der Waals surface area contributed by atoms with E-state index in [9.17, 15) is 23.6 Å². The van der Waals surface area contributed by atoms with Gasteiger partial charge in [0.25, 0.3) is 0 Å². The molecule has 0 bridgehead atoms. The molecule has 3 aromatic carbocycles. The molecule has 51 heavy (non-hydrogen) atoms. The van der Waals surface area contributed by atoms with Gasteiger partial charge in [-0.15, -0.1) is 6.42 Å². The predicted octanol–water partition coefficient (Wildman–Crippen LogP) is 2.92. The van der Waals surface area contributed by atoms with Gasteiger partial charge in [0.05, 0.1) is 35.5 Å². The fourth-order valence-electron chi connectivity index (χ4n) is 6.27. The topological polar surface area (TPSA) is 167 Å². The molecule has 2 atom stereocenters. The number of anilines is 2. The summed E-state index contributed by atoms with van der Waals surface area (Å²) in [5, 5.41) is 6.07. The Balaban J connectivity index is 1.30. The molecule has 0 radical (unpaired) electrons. The summed E-state index contributed by atoms with van der Waals surface area (Å²) >= 11 is 1.34. The van der Waals surface area contributed by atoms with Crippen molar-refractivity contribution in [2.45, 2.75) is 31.7 Å². The molecule has 0 unspecified atom stereocenters. The van der Waals surface area contributed by atoms with Crippen molar-refractivity contribution in [1.29, 1.82) is 0 Å². The number of urea groups is 1. The van der Waals surface area contributed by atoms with E-state index in [1.807, 2.05) is 18.2 Å². The molecule has 2 saturated heterocycles. The van der Waals surface area contributed by atoms with E-state index in [-0.39, 0.29) is 69.0 Å². The number of para-hydroxylation sites is 1. The number of hydrogen-bond donors (Lipinski definition) is 3. The smallest absolute Gasteiger partial charge is 0.333 e. The lowest BCUT2D eigenvalue weighted by Crippen LogP contribution is -2.66. The number of nitrogen functional groups attached to an aromatic ring is 2. The van der Waals surface area contributed by atoms with E-state index >= 15 is 0 Å². The molecule has 2 aliphatic heterocycles. The van der Waals surface area contributed by atoms with E-state index in [4.69, 9.17) is 22.6 Å². The number of thiazole rings is 1. The lowest BCUT2D eigenvalue weighted by molar-refractivity contribution is -0.157. The highest BCUT2D eigenvalue weighted by Crippen LogP contribution is 2.33. The average molecular weight is 711 g/mol. The molecule has 3 heterocycles. The van der Waals surface area contributed by atoms with Crippen molar-refractivity contribution in [2.75, 3.05) is 37.7 Å². The summed E-state index contributed by atoms with van der Waals surface area (Å²) in [6.45, 7) is 3.16. The van der Waals surface area contributed by atoms with Gasteiger partial charge in [-0.1, -0.05) is 54.2 Å². The van der Waals surface area contributed by atoms with Gasteiger partial charge in [-0.05, 0) is 53.1 Å². The normalized spacial score (nSPS) is 17.3. The van der Waals surface area contributed by atoms with Gasteiger partial charge in [0, 0.05) is 19.5 Å². The van der Waals surface area contributed by atoms with Crippen molar-refractivity contribution in [3.63, 3.8) is 0 Å². The zero-order valence-corrected chi connectivity index (χ0v) is 28.3. The number of nitrogens with zero attached hydrogens (tertiary/aromatic N) is 5. The molecular weight excluding hydrogens is 676 g/mol. The first kappa shape index (κ1) is 34.9. The second-order valence-electron chi connectivity index (χ2n) is 12.0. The van der Waals surface area contributed by atoms with Gasteiger partial charge in [0.2, 0.25) is 11.8 Å². The van der Waals surface area contributed by atoms with E-state index < -0.39 is 24.1 Å². The molecule has 6 rings (SSSR count). The van der Waals surface area contributed by atoms with Crippen LogP contribution in [0.2, 0.25) is 0 Å². The third-order valence-electron chi connectivity index (χ3n) is 8.69. The van der Waals surface area contributed by atoms with Gasteiger partial charge in [-0.3, -0.25) is 14.4 Å². The standard InChI is InChI=1S/C36H35FN8O5S/c1-3-14-43(36(49)40-17-22-8-11-25(37)12-9-22)44-20-32(47)45-28(16-23-10-13-29(27(38)15-23)50-21-26(46)4-2)34(48)42(19-31(44)45)18-24-6-5-7-30-33(24)41-35(39)51-30/h1,4-13,15,28,31H,2,14,16-21,38H2,(H2,39,41)(H,40,49)/t28-,31+/m0/s1. The number of nitrogens with one attached hydrogen (secondary N) is 1. The summed E-state index contributed by atoms with van der Waals surface area (Å²) in [5.74, 6) is 1.41. The summed E-state index contributed by atoms with van der Waals surface area (Å²) in [6.07, 6.45) is 6.20. The molecule has 13 nitrogen and oxygen atoms in total. The Morgan fingerprint density at radius 1 is 1.16 bits per heavy atom. The number of ketones is 1. The molecule has 4 amide bonds. The van der Waals surface area contributed by atoms with E-state index in [1.165, 1.54) is 33.4 Å². The molecular formula is C36H35FN8O5S. The van der Waals surface area contributed by atoms with Crippen LogP contribution in [0.3, 0.4) is 0 Å². The minimum atomic E-state index is -0.968. The Bertz CT molecular complexity index is 2050. The van der Waals surface area contributed by atoms with Crippen molar-refractivity contribution in [1.82, 2.24) is 30.1 Å². The Labute approximate surface area is 297 Å². The zero-order valence-electron chi connectivity index (χ0n) is 27.5. The monoisotopic (exact) mass is 710 g/mol. The van der Waals surface area contributed by atoms with E-state index in [1.54, 1.807) is 40.2 Å². The second kappa shape index (κ2) is 14.9. The summed E-state index contributed by atoms with van der Waals surface area (Å²) in [7, 11) is 0. The van der Waals surface area contributed by atoms with Crippen LogP contribution in [0.15, 0.2) is 73.3 Å². The van der Waals surface area contributed by atoms with Gasteiger partial charge < -0.3 is 31.3 Å². The first-order valence-electron chi connectivity index (χ1n) is 16.0. The van der Waals surface area contributed by atoms with Crippen LogP contribution in [0.5, 0.6) is 5.75 Å². The highest BCUT2D eigenvalue weighted by Gasteiger charge is 2.52. The average Bonchev–Trinajstić information content (AvgIpc) is 3.66. The minimum absolute atomic E-state index is 0.0651. The number of terminal acetylenes is 1. The molecule has 0 spiro atoms. The Kier molecular flexibility index (Phi) is 10.2. The fraction of sp³-hybridized carbons (Fsp3) is 0.250. The maximum absolute atomic E-state index is 14.4. The van der Waals surface area contributed by atoms with Crippen LogP contribution in [0.4, 0.5) is 20.0 Å². The van der Waals surface area contributed by atoms with Gasteiger partial charge in [-0.25, -0.2) is 19.2 Å². The van der Waals surface area contributed by atoms with Gasteiger partial charge in [0.1, 0.15) is 23.8 Å². The first-order chi connectivity index (χ1) is 24.6. The molecule has 15 heteroatoms. The molecule has 5 N–H and O–H groups in total. The number of piperazine rings is 1. The highest BCUT2D eigenvalue weighted by atomic mass is 32.1. The number of aromatic nitrogens is 1. The number of amides is 4. The summed E-state index contributed by atoms with van der Waals surface area (Å²) in [6, 6.07) is 14.8. The van der Waals surface area contributed by atoms with E-state index in [2.05, 4.69) is 22.8 Å². The SMILES string of the molecule is C#CCN(C(=O)NCc1ccc(F)cc1)N1CC(=O)N2[C@@H](Cc3ccc(OCC(=O)C=C)c(N)c3)C(=O)N(Cc3cccc4sc(N)nc34)C[C@@H]21. The molecule has 262 valence electrons. The summed E-state index contributed by atoms with van der Waals surface area (Å²) < 4.78 is 19.8. The van der Waals surface area contributed by atoms with Crippen LogP contribution in [-0.2, 0) is 33.9 Å². The van der Waals surface area contributed by atoms with E-state index in [0.29, 0.717) is 27.5 Å². The van der Waals surface area contributed by atoms with Crippen LogP contribution in [0.1, 0.15) is 16.7 Å². The van der Waals surface area contributed by atoms with Crippen molar-refractivity contribution in [2.24, 2.45) is 0 Å². The fourth-order valence-corrected chi connectivity index (χ4v) is 7.05. The van der Waals surface area contributed by atoms with Crippen LogP contribution in [-0.4, -0.2) is 86.9 Å². The summed E-state index contributed by atoms with van der Waals surface area (Å²) in [4.78, 5) is 61.1. The van der Waals surface area contributed by atoms with Gasteiger partial charge in [-0.2, -0.15) is 5.01 Å². The number of ether oxygens (including phenoxy) is 1. The molecule has 2 fully saturated rings. The Morgan fingerprint density at radius 2 is 1.92 bits per heavy atom. The number of hydrogen-bond acceptors (Lipinski definition) is 10. The highest BCUT2D eigenvalue weighted by molar-refractivity contribution is 7.22. The minimum Gasteiger partial charge on any atom is -0.483 e. The second-order valence-corrected chi connectivity index (χ2v) is 13.1. The van der Waals surface area contributed by atoms with Crippen molar-refractivity contribution >= 4 is 56.0 Å². The lowest BCUT2D eigenvalue weighted by Gasteiger charge is -2.46. The third-order valence-corrected chi connectivity index (χ3v) is 9.54. The van der Waals surface area contributed by atoms with Crippen LogP contribution < -0.4 is 21.5 Å². The predicted molar refractivity (Wildman–Crippen MR) is 190 cm³/mol. The van der Waals surface area contributed by atoms with Crippen molar-refractivity contribution in [3.8, 4) is 18.1 Å². The molecule has 0 saturated carbocycles. The zero-order chi connectivity index (χ0) is 36.2. The molecule has 0 aliphatic carbocycles. The largest absolute Gasteiger partial charge is 0.483 e. The molecule has 2 aliphatic rings. The molecule has 4 aromatic rings. The van der Waals surface area contributed by atoms with Crippen LogP contribution >= 0.6 is 11.3 Å². The van der Waals surface area contributed by atoms with Crippen molar-refractivity contribution < 1.29 is 28.3 Å². The Hall–Kier alpha value is -5.98. The number of benzene rings is 3. The van der Waals surface area contributed by atoms with E-state index in [0.717, 1.165) is 16.3 Å². The van der Waals surface area contributed by atoms with Gasteiger partial charge >= 0.3 is 6.03 Å². The van der Waals surface area contributed by atoms with Crippen molar-refractivity contribution in [3.05, 3.63) is 95.8 Å². The number of halogens is 1. The molecule has 1 aromatic heterocycles. The number of hydrazine groups is 1. The van der Waals surface area contributed by atoms with Crippen LogP contribution in [0.25, 0.3) is 10.2 Å². The lowest BCUT2D eigenvalue weighted by atomic mass is 9.99. The van der Waals surface area contributed by atoms with Gasteiger partial charge in [0.15, 0.2) is 17.5 Å². The maximum atomic E-state index is 14.4. The number of nitrogens with two attached hydrogens (primary N) is 2. The number of carbonyl (C=O) groups excluding carboxylic acids is 4. The maximum Gasteiger partial charge on any atom is 0.333 e. The Morgan fingerprint density at radius 3 is 2.65 bits per heavy atom. The third kappa shape index (κ3) is 7.47. The quantitative estimate of drug-likeness (QED) is 0.114. The number of carbonyl (C=O) groups is 4. The summed E-state index contributed by atoms with van der Waals surface area (Å²) in [5.41, 5.74) is 15.3. The number of rotatable bonds is 12. The first-order valence-corrected chi connectivity index (χ1v) is 16.8.